The number of aliphatic imine (C=N–C) groups is 1. The van der Waals surface area contributed by atoms with Crippen molar-refractivity contribution in [1.82, 2.24) is 0 Å². The van der Waals surface area contributed by atoms with Crippen molar-refractivity contribution in [2.45, 2.75) is 26.3 Å². The number of benzene rings is 1. The Kier molecular flexibility index (Phi) is 3.92. The van der Waals surface area contributed by atoms with Crippen LogP contribution in [0.25, 0.3) is 0 Å². The third kappa shape index (κ3) is 3.25. The summed E-state index contributed by atoms with van der Waals surface area (Å²) in [5.41, 5.74) is 2.35. The lowest BCUT2D eigenvalue weighted by Crippen LogP contribution is -2.18. The van der Waals surface area contributed by atoms with Gasteiger partial charge in [0.1, 0.15) is 0 Å². The zero-order chi connectivity index (χ0) is 11.5. The van der Waals surface area contributed by atoms with Crippen molar-refractivity contribution in [3.8, 4) is 0 Å². The van der Waals surface area contributed by atoms with E-state index in [1.165, 1.54) is 12.0 Å². The van der Waals surface area contributed by atoms with Gasteiger partial charge in [0.05, 0.1) is 6.04 Å². The Morgan fingerprint density at radius 2 is 2.25 bits per heavy atom. The highest BCUT2D eigenvalue weighted by Crippen LogP contribution is 2.23. The fourth-order valence-corrected chi connectivity index (χ4v) is 3.33. The van der Waals surface area contributed by atoms with Gasteiger partial charge < -0.3 is 5.32 Å². The smallest absolute Gasteiger partial charge is 0.161 e. The van der Waals surface area contributed by atoms with Crippen LogP contribution in [0.2, 0.25) is 0 Å². The fraction of sp³-hybridized carbons (Fsp3) is 0.417. The molecule has 1 aromatic carbocycles. The molecule has 0 aromatic heterocycles. The number of halogens is 1. The van der Waals surface area contributed by atoms with E-state index >= 15 is 0 Å². The predicted molar refractivity (Wildman–Crippen MR) is 76.5 cm³/mol. The van der Waals surface area contributed by atoms with E-state index in [9.17, 15) is 0 Å². The molecule has 0 amide bonds. The van der Waals surface area contributed by atoms with Crippen LogP contribution in [0, 0.1) is 6.92 Å². The second-order valence-electron chi connectivity index (χ2n) is 4.06. The molecule has 1 aliphatic heterocycles. The lowest BCUT2D eigenvalue weighted by Gasteiger charge is -2.18. The van der Waals surface area contributed by atoms with Gasteiger partial charge in [-0.05, 0) is 44.0 Å². The van der Waals surface area contributed by atoms with Gasteiger partial charge in [0, 0.05) is 15.9 Å². The highest BCUT2D eigenvalue weighted by atomic mass is 79.9. The molecule has 0 saturated heterocycles. The molecular formula is C12H15BrN2S. The molecule has 4 heteroatoms. The number of anilines is 1. The van der Waals surface area contributed by atoms with E-state index < -0.39 is 0 Å². The van der Waals surface area contributed by atoms with E-state index in [1.54, 1.807) is 11.8 Å². The molecule has 16 heavy (non-hydrogen) atoms. The zero-order valence-corrected chi connectivity index (χ0v) is 11.9. The summed E-state index contributed by atoms with van der Waals surface area (Å²) in [6, 6.07) is 6.75. The van der Waals surface area contributed by atoms with E-state index in [4.69, 9.17) is 0 Å². The van der Waals surface area contributed by atoms with E-state index in [0.717, 1.165) is 21.1 Å². The van der Waals surface area contributed by atoms with Crippen LogP contribution in [0.4, 0.5) is 5.69 Å². The minimum atomic E-state index is 0.442. The average Bonchev–Trinajstić information content (AvgIpc) is 2.15. The van der Waals surface area contributed by atoms with Crippen LogP contribution in [-0.2, 0) is 0 Å². The van der Waals surface area contributed by atoms with Crippen molar-refractivity contribution < 1.29 is 0 Å². The molecule has 1 aliphatic rings. The molecule has 1 atom stereocenters. The monoisotopic (exact) mass is 298 g/mol. The summed E-state index contributed by atoms with van der Waals surface area (Å²) in [6.07, 6.45) is 1.17. The maximum atomic E-state index is 4.59. The average molecular weight is 299 g/mol. The molecule has 0 aliphatic carbocycles. The number of aryl methyl sites for hydroxylation is 1. The number of rotatable bonds is 1. The van der Waals surface area contributed by atoms with Crippen LogP contribution in [0.5, 0.6) is 0 Å². The SMILES string of the molecule is Cc1cc(Br)cc(NC2=NC(C)CCS2)c1. The molecule has 0 saturated carbocycles. The third-order valence-electron chi connectivity index (χ3n) is 2.41. The van der Waals surface area contributed by atoms with Gasteiger partial charge in [-0.15, -0.1) is 0 Å². The number of amidine groups is 1. The Morgan fingerprint density at radius 1 is 1.44 bits per heavy atom. The lowest BCUT2D eigenvalue weighted by atomic mass is 10.2. The topological polar surface area (TPSA) is 24.4 Å². The minimum Gasteiger partial charge on any atom is -0.335 e. The molecule has 1 heterocycles. The van der Waals surface area contributed by atoms with Gasteiger partial charge in [0.15, 0.2) is 5.17 Å². The van der Waals surface area contributed by atoms with Crippen molar-refractivity contribution in [2.24, 2.45) is 4.99 Å². The van der Waals surface area contributed by atoms with Crippen LogP contribution >= 0.6 is 27.7 Å². The van der Waals surface area contributed by atoms with Gasteiger partial charge in [-0.1, -0.05) is 27.7 Å². The Balaban J connectivity index is 2.14. The first-order valence-corrected chi connectivity index (χ1v) is 7.16. The molecule has 0 fully saturated rings. The Hall–Kier alpha value is -0.480. The lowest BCUT2D eigenvalue weighted by molar-refractivity contribution is 0.720. The van der Waals surface area contributed by atoms with E-state index in [1.807, 2.05) is 0 Å². The van der Waals surface area contributed by atoms with E-state index in [-0.39, 0.29) is 0 Å². The van der Waals surface area contributed by atoms with Crippen molar-refractivity contribution >= 4 is 38.5 Å². The third-order valence-corrected chi connectivity index (χ3v) is 3.78. The quantitative estimate of drug-likeness (QED) is 0.846. The second-order valence-corrected chi connectivity index (χ2v) is 6.06. The molecule has 1 aromatic rings. The summed E-state index contributed by atoms with van der Waals surface area (Å²) in [6.45, 7) is 4.25. The van der Waals surface area contributed by atoms with Gasteiger partial charge in [0.2, 0.25) is 0 Å². The molecule has 0 bridgehead atoms. The van der Waals surface area contributed by atoms with Crippen molar-refractivity contribution in [1.29, 1.82) is 0 Å². The van der Waals surface area contributed by atoms with Crippen LogP contribution < -0.4 is 5.32 Å². The van der Waals surface area contributed by atoms with Gasteiger partial charge in [-0.3, -0.25) is 4.99 Å². The summed E-state index contributed by atoms with van der Waals surface area (Å²) in [5.74, 6) is 1.15. The Bertz CT molecular complexity index is 397. The van der Waals surface area contributed by atoms with Crippen LogP contribution in [0.15, 0.2) is 27.7 Å². The normalized spacial score (nSPS) is 20.4. The first-order valence-electron chi connectivity index (χ1n) is 5.38. The summed E-state index contributed by atoms with van der Waals surface area (Å²) < 4.78 is 1.10. The summed E-state index contributed by atoms with van der Waals surface area (Å²) in [7, 11) is 0. The van der Waals surface area contributed by atoms with Gasteiger partial charge in [-0.2, -0.15) is 0 Å². The van der Waals surface area contributed by atoms with Crippen molar-refractivity contribution in [2.75, 3.05) is 11.1 Å². The molecule has 1 unspecified atom stereocenters. The van der Waals surface area contributed by atoms with Crippen LogP contribution in [0.1, 0.15) is 18.9 Å². The van der Waals surface area contributed by atoms with Crippen LogP contribution in [0.3, 0.4) is 0 Å². The maximum Gasteiger partial charge on any atom is 0.161 e. The Labute approximate surface area is 109 Å². The molecule has 86 valence electrons. The summed E-state index contributed by atoms with van der Waals surface area (Å²) in [4.78, 5) is 4.59. The summed E-state index contributed by atoms with van der Waals surface area (Å²) >= 11 is 5.30. The highest BCUT2D eigenvalue weighted by molar-refractivity contribution is 9.10. The molecule has 2 nitrogen and oxygen atoms in total. The number of nitrogens with one attached hydrogen (secondary N) is 1. The molecule has 1 N–H and O–H groups in total. The highest BCUT2D eigenvalue weighted by Gasteiger charge is 2.11. The largest absolute Gasteiger partial charge is 0.335 e. The van der Waals surface area contributed by atoms with Crippen molar-refractivity contribution in [3.63, 3.8) is 0 Å². The van der Waals surface area contributed by atoms with E-state index in [0.29, 0.717) is 6.04 Å². The number of nitrogens with zero attached hydrogens (tertiary/aromatic N) is 1. The van der Waals surface area contributed by atoms with Gasteiger partial charge in [0.25, 0.3) is 0 Å². The Morgan fingerprint density at radius 3 is 2.94 bits per heavy atom. The van der Waals surface area contributed by atoms with Gasteiger partial charge in [-0.25, -0.2) is 0 Å². The van der Waals surface area contributed by atoms with Gasteiger partial charge >= 0.3 is 0 Å². The zero-order valence-electron chi connectivity index (χ0n) is 9.46. The van der Waals surface area contributed by atoms with E-state index in [2.05, 4.69) is 58.3 Å². The minimum absolute atomic E-state index is 0.442. The first kappa shape index (κ1) is 12.0. The van der Waals surface area contributed by atoms with Crippen molar-refractivity contribution in [3.05, 3.63) is 28.2 Å². The standard InChI is InChI=1S/C12H15BrN2S/c1-8-5-10(13)7-11(6-8)15-12-14-9(2)3-4-16-12/h5-7,9H,3-4H2,1-2H3,(H,14,15). The molecule has 2 rings (SSSR count). The fourth-order valence-electron chi connectivity index (χ4n) is 1.63. The molecule has 0 radical (unpaired) electrons. The van der Waals surface area contributed by atoms with Crippen LogP contribution in [-0.4, -0.2) is 17.0 Å². The molecule has 0 spiro atoms. The first-order chi connectivity index (χ1) is 7.63. The number of thioether (sulfide) groups is 1. The summed E-state index contributed by atoms with van der Waals surface area (Å²) in [5, 5.41) is 4.41. The predicted octanol–water partition coefficient (Wildman–Crippen LogP) is 4.05. The molecular weight excluding hydrogens is 284 g/mol. The number of hydrogen-bond acceptors (Lipinski definition) is 3. The number of hydrogen-bond donors (Lipinski definition) is 1. The maximum absolute atomic E-state index is 4.59. The second kappa shape index (κ2) is 5.23.